The van der Waals surface area contributed by atoms with Gasteiger partial charge in [0.1, 0.15) is 6.04 Å². The highest BCUT2D eigenvalue weighted by Crippen LogP contribution is 2.23. The molecule has 1 saturated heterocycles. The van der Waals surface area contributed by atoms with Crippen LogP contribution in [-0.4, -0.2) is 62.0 Å². The van der Waals surface area contributed by atoms with E-state index in [1.165, 1.54) is 7.11 Å². The van der Waals surface area contributed by atoms with E-state index in [1.807, 2.05) is 0 Å². The zero-order valence-electron chi connectivity index (χ0n) is 15.5. The minimum absolute atomic E-state index is 0.167. The molecule has 1 aliphatic rings. The van der Waals surface area contributed by atoms with Crippen molar-refractivity contribution >= 4 is 5.97 Å². The molecule has 1 heterocycles. The van der Waals surface area contributed by atoms with Crippen LogP contribution >= 0.6 is 0 Å². The largest absolute Gasteiger partial charge is 0.379 e. The van der Waals surface area contributed by atoms with Crippen LogP contribution in [0.15, 0.2) is 0 Å². The summed E-state index contributed by atoms with van der Waals surface area (Å²) in [5.74, 6) is -0.300. The lowest BCUT2D eigenvalue weighted by Crippen LogP contribution is -2.40. The summed E-state index contributed by atoms with van der Waals surface area (Å²) in [6, 6.07) is -0.196. The predicted molar refractivity (Wildman–Crippen MR) is 88.0 cm³/mol. The van der Waals surface area contributed by atoms with Crippen molar-refractivity contribution in [3.8, 4) is 0 Å². The van der Waals surface area contributed by atoms with E-state index in [-0.39, 0.29) is 23.2 Å². The fourth-order valence-electron chi connectivity index (χ4n) is 2.66. The number of hydrogen-bond acceptors (Lipinski definition) is 6. The lowest BCUT2D eigenvalue weighted by atomic mass is 10.0. The average molecular weight is 331 g/mol. The molecule has 0 radical (unpaired) electrons. The van der Waals surface area contributed by atoms with Crippen LogP contribution in [0.3, 0.4) is 0 Å². The Morgan fingerprint density at radius 3 is 2.43 bits per heavy atom. The molecule has 0 spiro atoms. The third-order valence-electron chi connectivity index (χ3n) is 4.55. The minimum atomic E-state index is -0.300. The Labute approximate surface area is 140 Å². The van der Waals surface area contributed by atoms with Crippen LogP contribution in [0.5, 0.6) is 0 Å². The molecule has 0 N–H and O–H groups in total. The molecule has 0 amide bonds. The zero-order valence-corrected chi connectivity index (χ0v) is 15.5. The molecule has 0 aliphatic carbocycles. The van der Waals surface area contributed by atoms with Crippen molar-refractivity contribution in [2.24, 2.45) is 0 Å². The average Bonchev–Trinajstić information content (AvgIpc) is 2.93. The topological polar surface area (TPSA) is 57.2 Å². The molecule has 6 heteroatoms. The molecular formula is C17H33NO5. The SMILES string of the molecule is COOC(=O)C1CCCN1CCC(C)(C)OCCC(C)(C)OC. The molecule has 1 fully saturated rings. The van der Waals surface area contributed by atoms with Gasteiger partial charge in [0.15, 0.2) is 0 Å². The second-order valence-corrected chi connectivity index (χ2v) is 7.34. The Hall–Kier alpha value is -0.690. The molecule has 0 aromatic rings. The first-order chi connectivity index (χ1) is 10.7. The maximum atomic E-state index is 11.9. The number of hydrogen-bond donors (Lipinski definition) is 0. The van der Waals surface area contributed by atoms with Gasteiger partial charge in [0.05, 0.1) is 24.9 Å². The number of rotatable bonds is 10. The van der Waals surface area contributed by atoms with Gasteiger partial charge in [-0.05, 0) is 59.9 Å². The van der Waals surface area contributed by atoms with Crippen LogP contribution in [0.1, 0.15) is 53.4 Å². The maximum absolute atomic E-state index is 11.9. The molecule has 0 saturated carbocycles. The smallest absolute Gasteiger partial charge is 0.359 e. The van der Waals surface area contributed by atoms with E-state index < -0.39 is 0 Å². The van der Waals surface area contributed by atoms with E-state index in [0.717, 1.165) is 38.8 Å². The maximum Gasteiger partial charge on any atom is 0.359 e. The predicted octanol–water partition coefficient (Wildman–Crippen LogP) is 2.56. The summed E-state index contributed by atoms with van der Waals surface area (Å²) >= 11 is 0. The first kappa shape index (κ1) is 20.4. The Morgan fingerprint density at radius 1 is 1.13 bits per heavy atom. The highest BCUT2D eigenvalue weighted by Gasteiger charge is 2.33. The van der Waals surface area contributed by atoms with E-state index in [4.69, 9.17) is 9.47 Å². The second-order valence-electron chi connectivity index (χ2n) is 7.34. The van der Waals surface area contributed by atoms with Crippen molar-refractivity contribution in [3.05, 3.63) is 0 Å². The molecule has 1 atom stereocenters. The highest BCUT2D eigenvalue weighted by molar-refractivity contribution is 5.75. The number of likely N-dealkylation sites (tertiary alicyclic amines) is 1. The van der Waals surface area contributed by atoms with Crippen molar-refractivity contribution in [1.29, 1.82) is 0 Å². The molecule has 23 heavy (non-hydrogen) atoms. The zero-order chi connectivity index (χ0) is 17.5. The molecule has 136 valence electrons. The molecular weight excluding hydrogens is 298 g/mol. The normalized spacial score (nSPS) is 20.0. The third kappa shape index (κ3) is 7.16. The van der Waals surface area contributed by atoms with Crippen molar-refractivity contribution in [2.75, 3.05) is 33.9 Å². The summed E-state index contributed by atoms with van der Waals surface area (Å²) in [6.07, 6.45) is 3.54. The van der Waals surface area contributed by atoms with Gasteiger partial charge in [-0.2, -0.15) is 4.89 Å². The summed E-state index contributed by atoms with van der Waals surface area (Å²) in [6.45, 7) is 10.7. The Morgan fingerprint density at radius 2 is 1.83 bits per heavy atom. The van der Waals surface area contributed by atoms with Gasteiger partial charge in [-0.25, -0.2) is 4.79 Å². The summed E-state index contributed by atoms with van der Waals surface area (Å²) in [4.78, 5) is 23.2. The van der Waals surface area contributed by atoms with Crippen LogP contribution in [0, 0.1) is 0 Å². The second kappa shape index (κ2) is 8.97. The first-order valence-electron chi connectivity index (χ1n) is 8.38. The monoisotopic (exact) mass is 331 g/mol. The van der Waals surface area contributed by atoms with E-state index in [0.29, 0.717) is 6.61 Å². The molecule has 0 aromatic carbocycles. The van der Waals surface area contributed by atoms with Gasteiger partial charge in [0.25, 0.3) is 0 Å². The van der Waals surface area contributed by atoms with Gasteiger partial charge < -0.3 is 9.47 Å². The number of carbonyl (C=O) groups is 1. The van der Waals surface area contributed by atoms with Crippen molar-refractivity contribution in [2.45, 2.75) is 70.6 Å². The molecule has 1 rings (SSSR count). The lowest BCUT2D eigenvalue weighted by Gasteiger charge is -2.31. The fraction of sp³-hybridized carbons (Fsp3) is 0.941. The van der Waals surface area contributed by atoms with Crippen LogP contribution < -0.4 is 0 Å². The fourth-order valence-corrected chi connectivity index (χ4v) is 2.66. The van der Waals surface area contributed by atoms with E-state index in [1.54, 1.807) is 7.11 Å². The van der Waals surface area contributed by atoms with Gasteiger partial charge in [-0.3, -0.25) is 9.79 Å². The van der Waals surface area contributed by atoms with Crippen LogP contribution in [0.2, 0.25) is 0 Å². The van der Waals surface area contributed by atoms with Crippen LogP contribution in [-0.2, 0) is 24.0 Å². The number of nitrogens with zero attached hydrogens (tertiary/aromatic N) is 1. The highest BCUT2D eigenvalue weighted by atomic mass is 17.2. The van der Waals surface area contributed by atoms with E-state index >= 15 is 0 Å². The lowest BCUT2D eigenvalue weighted by molar-refractivity contribution is -0.259. The summed E-state index contributed by atoms with van der Waals surface area (Å²) < 4.78 is 11.4. The van der Waals surface area contributed by atoms with Crippen molar-refractivity contribution in [3.63, 3.8) is 0 Å². The minimum Gasteiger partial charge on any atom is -0.379 e. The third-order valence-corrected chi connectivity index (χ3v) is 4.55. The molecule has 1 aliphatic heterocycles. The summed E-state index contributed by atoms with van der Waals surface area (Å²) in [5.41, 5.74) is -0.401. The first-order valence-corrected chi connectivity index (χ1v) is 8.38. The van der Waals surface area contributed by atoms with E-state index in [2.05, 4.69) is 42.4 Å². The number of carbonyl (C=O) groups excluding carboxylic acids is 1. The standard InChI is InChI=1S/C17H33NO5/c1-16(2,20-5)10-13-22-17(3,4)9-12-18-11-7-8-14(18)15(19)23-21-6/h14H,7-13H2,1-6H3. The molecule has 6 nitrogen and oxygen atoms in total. The summed E-state index contributed by atoms with van der Waals surface area (Å²) in [7, 11) is 3.08. The quantitative estimate of drug-likeness (QED) is 0.453. The number of methoxy groups -OCH3 is 1. The Bertz CT molecular complexity index is 370. The van der Waals surface area contributed by atoms with Gasteiger partial charge in [-0.1, -0.05) is 0 Å². The van der Waals surface area contributed by atoms with Gasteiger partial charge in [0, 0.05) is 13.7 Å². The van der Waals surface area contributed by atoms with Gasteiger partial charge in [-0.15, -0.1) is 0 Å². The Kier molecular flexibility index (Phi) is 7.94. The van der Waals surface area contributed by atoms with Crippen molar-refractivity contribution in [1.82, 2.24) is 4.90 Å². The molecule has 1 unspecified atom stereocenters. The Balaban J connectivity index is 2.38. The molecule has 0 bridgehead atoms. The van der Waals surface area contributed by atoms with E-state index in [9.17, 15) is 4.79 Å². The van der Waals surface area contributed by atoms with Crippen LogP contribution in [0.4, 0.5) is 0 Å². The van der Waals surface area contributed by atoms with Gasteiger partial charge in [0.2, 0.25) is 0 Å². The van der Waals surface area contributed by atoms with Gasteiger partial charge >= 0.3 is 5.97 Å². The van der Waals surface area contributed by atoms with Crippen LogP contribution in [0.25, 0.3) is 0 Å². The van der Waals surface area contributed by atoms with Crippen molar-refractivity contribution < 1.29 is 24.0 Å². The summed E-state index contributed by atoms with van der Waals surface area (Å²) in [5, 5.41) is 0. The number of ether oxygens (including phenoxy) is 2. The molecule has 0 aromatic heterocycles.